The van der Waals surface area contributed by atoms with Gasteiger partial charge in [-0.1, -0.05) is 28.1 Å². The summed E-state index contributed by atoms with van der Waals surface area (Å²) in [4.78, 5) is 23.3. The van der Waals surface area contributed by atoms with Gasteiger partial charge in [0.1, 0.15) is 0 Å². The van der Waals surface area contributed by atoms with Gasteiger partial charge in [0.25, 0.3) is 0 Å². The lowest BCUT2D eigenvalue weighted by Gasteiger charge is -2.08. The van der Waals surface area contributed by atoms with E-state index in [9.17, 15) is 9.59 Å². The van der Waals surface area contributed by atoms with Gasteiger partial charge in [-0.05, 0) is 12.3 Å². The Bertz CT molecular complexity index is 418. The molecule has 0 atom stereocenters. The van der Waals surface area contributed by atoms with E-state index in [1.807, 2.05) is 0 Å². The number of carboxylic acid groups (broad SMARTS) is 1. The molecule has 0 aliphatic carbocycles. The standard InChI is InChI=1S/C11H11BrO3S/c1-16-10-7(9(13)5-6-12)3-2-4-8(10)11(14)15/h2-4H,5-6H2,1H3,(H,14,15). The second-order valence-electron chi connectivity index (χ2n) is 3.05. The number of halogens is 1. The van der Waals surface area contributed by atoms with Crippen molar-refractivity contribution >= 4 is 39.4 Å². The van der Waals surface area contributed by atoms with Crippen LogP contribution < -0.4 is 0 Å². The fraction of sp³-hybridized carbons (Fsp3) is 0.273. The Labute approximate surface area is 106 Å². The van der Waals surface area contributed by atoms with E-state index in [0.717, 1.165) is 0 Å². The van der Waals surface area contributed by atoms with Crippen LogP contribution in [0.3, 0.4) is 0 Å². The number of ketones is 1. The first-order valence-electron chi connectivity index (χ1n) is 4.61. The molecule has 1 rings (SSSR count). The molecule has 0 heterocycles. The van der Waals surface area contributed by atoms with Crippen LogP contribution in [-0.2, 0) is 0 Å². The lowest BCUT2D eigenvalue weighted by molar-refractivity contribution is 0.0693. The third-order valence-electron chi connectivity index (χ3n) is 2.07. The highest BCUT2D eigenvalue weighted by Crippen LogP contribution is 2.26. The molecular formula is C11H11BrO3S. The van der Waals surface area contributed by atoms with E-state index < -0.39 is 5.97 Å². The summed E-state index contributed by atoms with van der Waals surface area (Å²) in [7, 11) is 0. The van der Waals surface area contributed by atoms with Crippen molar-refractivity contribution in [3.05, 3.63) is 29.3 Å². The van der Waals surface area contributed by atoms with Gasteiger partial charge in [-0.25, -0.2) is 4.79 Å². The Morgan fingerprint density at radius 1 is 1.38 bits per heavy atom. The molecule has 0 amide bonds. The van der Waals surface area contributed by atoms with Crippen molar-refractivity contribution in [2.24, 2.45) is 0 Å². The van der Waals surface area contributed by atoms with E-state index in [1.165, 1.54) is 17.8 Å². The lowest BCUT2D eigenvalue weighted by atomic mass is 10.1. The molecule has 86 valence electrons. The summed E-state index contributed by atoms with van der Waals surface area (Å²) in [5.74, 6) is -1.04. The number of hydrogen-bond acceptors (Lipinski definition) is 3. The molecule has 1 N–H and O–H groups in total. The molecule has 0 aromatic heterocycles. The van der Waals surface area contributed by atoms with Crippen LogP contribution in [0.15, 0.2) is 23.1 Å². The maximum atomic E-state index is 11.8. The van der Waals surface area contributed by atoms with Gasteiger partial charge in [-0.15, -0.1) is 11.8 Å². The number of benzene rings is 1. The molecule has 0 saturated carbocycles. The summed E-state index contributed by atoms with van der Waals surface area (Å²) >= 11 is 4.48. The minimum atomic E-state index is -1.00. The smallest absolute Gasteiger partial charge is 0.336 e. The van der Waals surface area contributed by atoms with Crippen LogP contribution in [0.4, 0.5) is 0 Å². The number of aromatic carboxylic acids is 1. The fourth-order valence-corrected chi connectivity index (χ4v) is 2.50. The van der Waals surface area contributed by atoms with Gasteiger partial charge >= 0.3 is 5.97 Å². The Morgan fingerprint density at radius 2 is 2.00 bits per heavy atom. The number of carboxylic acids is 1. The van der Waals surface area contributed by atoms with Gasteiger partial charge in [0.15, 0.2) is 5.78 Å². The predicted molar refractivity (Wildman–Crippen MR) is 67.9 cm³/mol. The molecule has 0 radical (unpaired) electrons. The molecule has 0 aliphatic heterocycles. The van der Waals surface area contributed by atoms with Gasteiger partial charge < -0.3 is 5.11 Å². The Hall–Kier alpha value is -0.810. The van der Waals surface area contributed by atoms with Crippen LogP contribution >= 0.6 is 27.7 Å². The van der Waals surface area contributed by atoms with E-state index in [4.69, 9.17) is 5.11 Å². The van der Waals surface area contributed by atoms with Crippen LogP contribution in [0, 0.1) is 0 Å². The van der Waals surface area contributed by atoms with Gasteiger partial charge in [0, 0.05) is 22.2 Å². The quantitative estimate of drug-likeness (QED) is 0.516. The molecule has 5 heteroatoms. The highest BCUT2D eigenvalue weighted by molar-refractivity contribution is 9.09. The number of thioether (sulfide) groups is 1. The Morgan fingerprint density at radius 3 is 2.50 bits per heavy atom. The second kappa shape index (κ2) is 6.06. The lowest BCUT2D eigenvalue weighted by Crippen LogP contribution is -2.07. The number of hydrogen-bond donors (Lipinski definition) is 1. The number of rotatable bonds is 5. The van der Waals surface area contributed by atoms with Crippen molar-refractivity contribution in [2.75, 3.05) is 11.6 Å². The molecule has 1 aromatic carbocycles. The van der Waals surface area contributed by atoms with Crippen LogP contribution in [0.1, 0.15) is 27.1 Å². The molecular weight excluding hydrogens is 292 g/mol. The normalized spacial score (nSPS) is 10.1. The molecule has 3 nitrogen and oxygen atoms in total. The Kier molecular flexibility index (Phi) is 5.02. The first-order valence-corrected chi connectivity index (χ1v) is 6.96. The minimum Gasteiger partial charge on any atom is -0.478 e. The SMILES string of the molecule is CSc1c(C(=O)O)cccc1C(=O)CCBr. The summed E-state index contributed by atoms with van der Waals surface area (Å²) in [6.45, 7) is 0. The fourth-order valence-electron chi connectivity index (χ4n) is 1.37. The molecule has 0 spiro atoms. The zero-order valence-electron chi connectivity index (χ0n) is 8.70. The number of Topliss-reactive ketones (excluding diaryl/α,β-unsaturated/α-hetero) is 1. The average molecular weight is 303 g/mol. The zero-order valence-corrected chi connectivity index (χ0v) is 11.1. The average Bonchev–Trinajstić information content (AvgIpc) is 2.28. The number of alkyl halides is 1. The zero-order chi connectivity index (χ0) is 12.1. The maximum absolute atomic E-state index is 11.8. The van der Waals surface area contributed by atoms with Crippen LogP contribution in [0.2, 0.25) is 0 Å². The molecule has 0 aliphatic rings. The van der Waals surface area contributed by atoms with E-state index in [0.29, 0.717) is 22.2 Å². The summed E-state index contributed by atoms with van der Waals surface area (Å²) in [5.41, 5.74) is 0.680. The largest absolute Gasteiger partial charge is 0.478 e. The van der Waals surface area contributed by atoms with Crippen molar-refractivity contribution < 1.29 is 14.7 Å². The summed E-state index contributed by atoms with van der Waals surface area (Å²) in [6.07, 6.45) is 2.14. The monoisotopic (exact) mass is 302 g/mol. The van der Waals surface area contributed by atoms with Crippen molar-refractivity contribution in [1.29, 1.82) is 0 Å². The molecule has 0 unspecified atom stereocenters. The van der Waals surface area contributed by atoms with Gasteiger partial charge in [-0.2, -0.15) is 0 Å². The third kappa shape index (κ3) is 2.86. The molecule has 0 fully saturated rings. The molecule has 16 heavy (non-hydrogen) atoms. The number of carbonyl (C=O) groups excluding carboxylic acids is 1. The van der Waals surface area contributed by atoms with E-state index in [2.05, 4.69) is 15.9 Å². The highest BCUT2D eigenvalue weighted by Gasteiger charge is 2.17. The molecule has 1 aromatic rings. The second-order valence-corrected chi connectivity index (χ2v) is 4.66. The van der Waals surface area contributed by atoms with Crippen LogP contribution in [0.25, 0.3) is 0 Å². The summed E-state index contributed by atoms with van der Waals surface area (Å²) in [6, 6.07) is 4.78. The van der Waals surface area contributed by atoms with Gasteiger partial charge in [-0.3, -0.25) is 4.79 Å². The van der Waals surface area contributed by atoms with E-state index >= 15 is 0 Å². The van der Waals surface area contributed by atoms with Crippen molar-refractivity contribution in [3.63, 3.8) is 0 Å². The topological polar surface area (TPSA) is 54.4 Å². The van der Waals surface area contributed by atoms with Crippen molar-refractivity contribution in [1.82, 2.24) is 0 Å². The third-order valence-corrected chi connectivity index (χ3v) is 3.32. The minimum absolute atomic E-state index is 0.0377. The van der Waals surface area contributed by atoms with Crippen LogP contribution in [-0.4, -0.2) is 28.4 Å². The van der Waals surface area contributed by atoms with Crippen molar-refractivity contribution in [2.45, 2.75) is 11.3 Å². The predicted octanol–water partition coefficient (Wildman–Crippen LogP) is 3.07. The van der Waals surface area contributed by atoms with E-state index in [1.54, 1.807) is 18.4 Å². The van der Waals surface area contributed by atoms with E-state index in [-0.39, 0.29) is 11.3 Å². The highest BCUT2D eigenvalue weighted by atomic mass is 79.9. The summed E-state index contributed by atoms with van der Waals surface area (Å²) in [5, 5.41) is 9.58. The first kappa shape index (κ1) is 13.3. The maximum Gasteiger partial charge on any atom is 0.336 e. The van der Waals surface area contributed by atoms with Crippen LogP contribution in [0.5, 0.6) is 0 Å². The molecule has 0 bridgehead atoms. The van der Waals surface area contributed by atoms with Gasteiger partial charge in [0.05, 0.1) is 5.56 Å². The summed E-state index contributed by atoms with van der Waals surface area (Å²) < 4.78 is 0. The first-order chi connectivity index (χ1) is 7.61. The Balaban J connectivity index is 3.24. The van der Waals surface area contributed by atoms with Gasteiger partial charge in [0.2, 0.25) is 0 Å². The molecule has 0 saturated heterocycles. The number of carbonyl (C=O) groups is 2. The van der Waals surface area contributed by atoms with Crippen molar-refractivity contribution in [3.8, 4) is 0 Å².